The molecule has 5 heteroatoms. The third-order valence-corrected chi connectivity index (χ3v) is 11.6. The number of fused-ring (bicyclic) bond motifs is 7. The summed E-state index contributed by atoms with van der Waals surface area (Å²) < 4.78 is 13.0. The second-order valence-electron chi connectivity index (χ2n) is 15.1. The SMILES string of the molecule is c1ccc(-c2cc(-c3ccc(-c4ccc(-c5ccc6c(c5)oc5ccccc56)c5c4oc4ccccc45)cc3)nc(-c3ccc(-c4cccc5cccnc45)cc3)n2)cc1. The lowest BCUT2D eigenvalue weighted by Crippen LogP contribution is -1.96. The van der Waals surface area contributed by atoms with Gasteiger partial charge in [0.1, 0.15) is 22.3 Å². The zero-order valence-corrected chi connectivity index (χ0v) is 32.2. The van der Waals surface area contributed by atoms with Crippen LogP contribution in [0.1, 0.15) is 0 Å². The molecule has 12 rings (SSSR count). The Bertz CT molecular complexity index is 3580. The third kappa shape index (κ3) is 5.67. The fraction of sp³-hybridized carbons (Fsp3) is 0. The van der Waals surface area contributed by atoms with E-state index in [-0.39, 0.29) is 0 Å². The topological polar surface area (TPSA) is 65.0 Å². The van der Waals surface area contributed by atoms with E-state index in [1.165, 1.54) is 0 Å². The van der Waals surface area contributed by atoms with E-state index in [1.807, 2.05) is 54.7 Å². The summed E-state index contributed by atoms with van der Waals surface area (Å²) in [6, 6.07) is 67.2. The quantitative estimate of drug-likeness (QED) is 0.169. The Kier molecular flexibility index (Phi) is 7.78. The molecule has 4 heterocycles. The van der Waals surface area contributed by atoms with E-state index in [4.69, 9.17) is 18.8 Å². The lowest BCUT2D eigenvalue weighted by atomic mass is 9.93. The highest BCUT2D eigenvalue weighted by Crippen LogP contribution is 2.43. The second kappa shape index (κ2) is 13.8. The number of rotatable bonds is 6. The molecule has 0 fully saturated rings. The molecule has 280 valence electrons. The maximum absolute atomic E-state index is 6.69. The minimum absolute atomic E-state index is 0.665. The van der Waals surface area contributed by atoms with Crippen molar-refractivity contribution >= 4 is 54.8 Å². The van der Waals surface area contributed by atoms with Crippen molar-refractivity contribution in [3.8, 4) is 67.3 Å². The number of hydrogen-bond donors (Lipinski definition) is 0. The molecule has 8 aromatic carbocycles. The lowest BCUT2D eigenvalue weighted by Gasteiger charge is -2.12. The van der Waals surface area contributed by atoms with Gasteiger partial charge in [0.25, 0.3) is 0 Å². The largest absolute Gasteiger partial charge is 0.456 e. The van der Waals surface area contributed by atoms with Crippen LogP contribution in [0.2, 0.25) is 0 Å². The number of nitrogens with zero attached hydrogens (tertiary/aromatic N) is 3. The molecule has 0 saturated heterocycles. The fourth-order valence-electron chi connectivity index (χ4n) is 8.63. The number of benzene rings is 8. The summed E-state index contributed by atoms with van der Waals surface area (Å²) in [5, 5.41) is 5.51. The van der Waals surface area contributed by atoms with Crippen LogP contribution in [-0.4, -0.2) is 15.0 Å². The Morgan fingerprint density at radius 3 is 1.75 bits per heavy atom. The summed E-state index contributed by atoms with van der Waals surface area (Å²) in [6.07, 6.45) is 1.85. The molecule has 0 bridgehead atoms. The minimum atomic E-state index is 0.665. The molecular weight excluding hydrogens is 735 g/mol. The molecule has 0 N–H and O–H groups in total. The molecule has 0 aliphatic carbocycles. The van der Waals surface area contributed by atoms with Crippen molar-refractivity contribution < 1.29 is 8.83 Å². The number of furan rings is 2. The van der Waals surface area contributed by atoms with Crippen LogP contribution in [0.3, 0.4) is 0 Å². The van der Waals surface area contributed by atoms with Gasteiger partial charge in [-0.05, 0) is 64.7 Å². The van der Waals surface area contributed by atoms with E-state index < -0.39 is 0 Å². The normalized spacial score (nSPS) is 11.7. The molecule has 0 atom stereocenters. The monoisotopic (exact) mass is 767 g/mol. The minimum Gasteiger partial charge on any atom is -0.456 e. The lowest BCUT2D eigenvalue weighted by molar-refractivity contribution is 0.668. The molecule has 0 aliphatic rings. The van der Waals surface area contributed by atoms with Gasteiger partial charge in [-0.3, -0.25) is 4.98 Å². The number of hydrogen-bond acceptors (Lipinski definition) is 5. The van der Waals surface area contributed by atoms with Gasteiger partial charge in [-0.15, -0.1) is 0 Å². The Labute approximate surface area is 344 Å². The van der Waals surface area contributed by atoms with Crippen LogP contribution in [0.4, 0.5) is 0 Å². The summed E-state index contributed by atoms with van der Waals surface area (Å²) in [5.74, 6) is 0.665. The van der Waals surface area contributed by atoms with E-state index in [2.05, 4.69) is 151 Å². The molecule has 60 heavy (non-hydrogen) atoms. The van der Waals surface area contributed by atoms with Gasteiger partial charge in [-0.25, -0.2) is 9.97 Å². The first-order chi connectivity index (χ1) is 29.7. The van der Waals surface area contributed by atoms with Crippen LogP contribution in [0.15, 0.2) is 209 Å². The van der Waals surface area contributed by atoms with Crippen molar-refractivity contribution in [2.75, 3.05) is 0 Å². The van der Waals surface area contributed by atoms with Crippen LogP contribution in [0, 0.1) is 0 Å². The van der Waals surface area contributed by atoms with Crippen molar-refractivity contribution in [1.82, 2.24) is 15.0 Å². The first-order valence-corrected chi connectivity index (χ1v) is 20.1. The van der Waals surface area contributed by atoms with Gasteiger partial charge in [0.05, 0.1) is 16.9 Å². The molecule has 0 radical (unpaired) electrons. The Hall–Kier alpha value is -8.15. The van der Waals surface area contributed by atoms with E-state index in [0.29, 0.717) is 5.82 Å². The molecule has 0 spiro atoms. The molecule has 12 aromatic rings. The highest BCUT2D eigenvalue weighted by Gasteiger charge is 2.19. The van der Waals surface area contributed by atoms with E-state index in [0.717, 1.165) is 116 Å². The average Bonchev–Trinajstić information content (AvgIpc) is 3.90. The van der Waals surface area contributed by atoms with Crippen LogP contribution in [0.5, 0.6) is 0 Å². The first kappa shape index (κ1) is 33.9. The van der Waals surface area contributed by atoms with Crippen LogP contribution < -0.4 is 0 Å². The number of para-hydroxylation sites is 3. The number of aromatic nitrogens is 3. The molecule has 0 saturated carbocycles. The molecule has 0 amide bonds. The van der Waals surface area contributed by atoms with E-state index >= 15 is 0 Å². The Morgan fingerprint density at radius 1 is 0.350 bits per heavy atom. The molecular formula is C55H33N3O2. The molecule has 0 unspecified atom stereocenters. The van der Waals surface area contributed by atoms with Crippen LogP contribution >= 0.6 is 0 Å². The predicted molar refractivity (Wildman–Crippen MR) is 245 cm³/mol. The van der Waals surface area contributed by atoms with Gasteiger partial charge in [0.2, 0.25) is 0 Å². The molecule has 5 nitrogen and oxygen atoms in total. The fourth-order valence-corrected chi connectivity index (χ4v) is 8.63. The second-order valence-corrected chi connectivity index (χ2v) is 15.1. The smallest absolute Gasteiger partial charge is 0.160 e. The zero-order valence-electron chi connectivity index (χ0n) is 32.2. The third-order valence-electron chi connectivity index (χ3n) is 11.6. The summed E-state index contributed by atoms with van der Waals surface area (Å²) in [4.78, 5) is 14.9. The van der Waals surface area contributed by atoms with Crippen molar-refractivity contribution in [1.29, 1.82) is 0 Å². The van der Waals surface area contributed by atoms with E-state index in [9.17, 15) is 0 Å². The highest BCUT2D eigenvalue weighted by molar-refractivity contribution is 6.17. The van der Waals surface area contributed by atoms with Gasteiger partial charge < -0.3 is 8.83 Å². The average molecular weight is 768 g/mol. The highest BCUT2D eigenvalue weighted by atomic mass is 16.3. The first-order valence-electron chi connectivity index (χ1n) is 20.1. The van der Waals surface area contributed by atoms with Crippen molar-refractivity contribution in [3.05, 3.63) is 200 Å². The van der Waals surface area contributed by atoms with Crippen LogP contribution in [0.25, 0.3) is 122 Å². The summed E-state index contributed by atoms with van der Waals surface area (Å²) in [6.45, 7) is 0. The van der Waals surface area contributed by atoms with Gasteiger partial charge in [-0.2, -0.15) is 0 Å². The summed E-state index contributed by atoms with van der Waals surface area (Å²) in [7, 11) is 0. The summed E-state index contributed by atoms with van der Waals surface area (Å²) >= 11 is 0. The zero-order chi connectivity index (χ0) is 39.6. The van der Waals surface area contributed by atoms with Gasteiger partial charge in [0, 0.05) is 60.9 Å². The maximum Gasteiger partial charge on any atom is 0.160 e. The maximum atomic E-state index is 6.69. The van der Waals surface area contributed by atoms with Crippen molar-refractivity contribution in [2.45, 2.75) is 0 Å². The molecule has 0 aliphatic heterocycles. The standard InChI is InChI=1S/C55H33N3O2/c1-2-10-36(11-3-1)47-33-48(58-55(57-47)39-25-21-34(22-26-39)42-16-8-12-38-13-9-31-56-53(38)42)37-23-19-35(20-24-37)43-30-29-41(52-46-15-5-7-18-50(46)60-54(43)52)40-27-28-45-44-14-4-6-17-49(44)59-51(45)32-40/h1-33H. The van der Waals surface area contributed by atoms with Gasteiger partial charge in [0.15, 0.2) is 5.82 Å². The Balaban J connectivity index is 0.937. The Morgan fingerprint density at radius 2 is 0.950 bits per heavy atom. The van der Waals surface area contributed by atoms with Crippen LogP contribution in [-0.2, 0) is 0 Å². The van der Waals surface area contributed by atoms with Crippen molar-refractivity contribution in [2.24, 2.45) is 0 Å². The molecule has 4 aromatic heterocycles. The van der Waals surface area contributed by atoms with Crippen molar-refractivity contribution in [3.63, 3.8) is 0 Å². The van der Waals surface area contributed by atoms with Gasteiger partial charge in [-0.1, -0.05) is 152 Å². The van der Waals surface area contributed by atoms with Gasteiger partial charge >= 0.3 is 0 Å². The summed E-state index contributed by atoms with van der Waals surface area (Å²) in [5.41, 5.74) is 15.6. The predicted octanol–water partition coefficient (Wildman–Crippen LogP) is 14.8. The van der Waals surface area contributed by atoms with E-state index in [1.54, 1.807) is 0 Å². The number of pyridine rings is 1.